The molecule has 1 aromatic carbocycles. The average molecular weight is 351 g/mol. The van der Waals surface area contributed by atoms with Gasteiger partial charge in [0.1, 0.15) is 23.6 Å². The molecule has 7 heteroatoms. The Morgan fingerprint density at radius 1 is 1.48 bits per heavy atom. The number of hydrogen-bond donors (Lipinski definition) is 0. The van der Waals surface area contributed by atoms with Gasteiger partial charge in [-0.15, -0.1) is 0 Å². The zero-order valence-electron chi connectivity index (χ0n) is 11.3. The summed E-state index contributed by atoms with van der Waals surface area (Å²) in [5, 5.41) is 13.1. The van der Waals surface area contributed by atoms with Gasteiger partial charge in [-0.1, -0.05) is 15.9 Å². The van der Waals surface area contributed by atoms with E-state index in [4.69, 9.17) is 10.00 Å². The molecule has 2 heterocycles. The van der Waals surface area contributed by atoms with Crippen LogP contribution in [-0.2, 0) is 7.05 Å². The second kappa shape index (κ2) is 5.37. The van der Waals surface area contributed by atoms with Crippen molar-refractivity contribution in [3.63, 3.8) is 0 Å². The summed E-state index contributed by atoms with van der Waals surface area (Å²) in [7, 11) is 1.82. The SMILES string of the molecule is Cn1cc(OC2CN(c3cc(Br)cc(F)c3C#N)C2)cn1. The molecule has 0 bridgehead atoms. The van der Waals surface area contributed by atoms with Crippen LogP contribution in [0.15, 0.2) is 29.0 Å². The summed E-state index contributed by atoms with van der Waals surface area (Å²) in [6, 6.07) is 4.97. The van der Waals surface area contributed by atoms with Crippen molar-refractivity contribution in [1.29, 1.82) is 5.26 Å². The number of aryl methyl sites for hydroxylation is 1. The molecule has 3 rings (SSSR count). The molecule has 0 spiro atoms. The Kier molecular flexibility index (Phi) is 3.55. The fourth-order valence-electron chi connectivity index (χ4n) is 2.28. The third kappa shape index (κ3) is 2.72. The lowest BCUT2D eigenvalue weighted by atomic mass is 10.1. The highest BCUT2D eigenvalue weighted by Gasteiger charge is 2.31. The van der Waals surface area contributed by atoms with Gasteiger partial charge in [-0.05, 0) is 12.1 Å². The van der Waals surface area contributed by atoms with E-state index in [1.165, 1.54) is 6.07 Å². The minimum atomic E-state index is -0.515. The lowest BCUT2D eigenvalue weighted by molar-refractivity contribution is 0.167. The zero-order valence-corrected chi connectivity index (χ0v) is 12.8. The molecule has 1 fully saturated rings. The third-order valence-corrected chi connectivity index (χ3v) is 3.78. The second-order valence-corrected chi connectivity index (χ2v) is 5.80. The van der Waals surface area contributed by atoms with Gasteiger partial charge in [-0.3, -0.25) is 4.68 Å². The highest BCUT2D eigenvalue weighted by Crippen LogP contribution is 2.31. The Balaban J connectivity index is 1.70. The number of ether oxygens (including phenoxy) is 1. The quantitative estimate of drug-likeness (QED) is 0.853. The van der Waals surface area contributed by atoms with E-state index in [9.17, 15) is 4.39 Å². The van der Waals surface area contributed by atoms with Crippen LogP contribution < -0.4 is 9.64 Å². The third-order valence-electron chi connectivity index (χ3n) is 3.32. The molecule has 108 valence electrons. The van der Waals surface area contributed by atoms with E-state index in [2.05, 4.69) is 21.0 Å². The Bertz CT molecular complexity index is 718. The van der Waals surface area contributed by atoms with Crippen LogP contribution in [0.25, 0.3) is 0 Å². The Hall–Kier alpha value is -2.07. The van der Waals surface area contributed by atoms with Crippen LogP contribution in [0.1, 0.15) is 5.56 Å². The summed E-state index contributed by atoms with van der Waals surface area (Å²) >= 11 is 3.25. The molecular weight excluding hydrogens is 339 g/mol. The number of benzene rings is 1. The van der Waals surface area contributed by atoms with Gasteiger partial charge in [0, 0.05) is 11.5 Å². The van der Waals surface area contributed by atoms with Gasteiger partial charge in [-0.2, -0.15) is 10.4 Å². The van der Waals surface area contributed by atoms with Crippen LogP contribution in [0.3, 0.4) is 0 Å². The van der Waals surface area contributed by atoms with E-state index in [-0.39, 0.29) is 11.7 Å². The highest BCUT2D eigenvalue weighted by molar-refractivity contribution is 9.10. The summed E-state index contributed by atoms with van der Waals surface area (Å²) in [4.78, 5) is 1.92. The smallest absolute Gasteiger partial charge is 0.157 e. The van der Waals surface area contributed by atoms with Gasteiger partial charge < -0.3 is 9.64 Å². The summed E-state index contributed by atoms with van der Waals surface area (Å²) in [6.45, 7) is 1.22. The van der Waals surface area contributed by atoms with Crippen molar-refractivity contribution in [2.45, 2.75) is 6.10 Å². The molecular formula is C14H12BrFN4O. The molecule has 0 N–H and O–H groups in total. The van der Waals surface area contributed by atoms with Crippen LogP contribution in [0.5, 0.6) is 5.75 Å². The van der Waals surface area contributed by atoms with Crippen LogP contribution in [0.2, 0.25) is 0 Å². The molecule has 1 saturated heterocycles. The zero-order chi connectivity index (χ0) is 15.0. The van der Waals surface area contributed by atoms with E-state index in [0.29, 0.717) is 29.0 Å². The minimum absolute atomic E-state index is 0.0165. The van der Waals surface area contributed by atoms with Crippen LogP contribution in [0, 0.1) is 17.1 Å². The first kappa shape index (κ1) is 13.9. The van der Waals surface area contributed by atoms with Gasteiger partial charge in [-0.25, -0.2) is 4.39 Å². The number of anilines is 1. The summed E-state index contributed by atoms with van der Waals surface area (Å²) in [6.07, 6.45) is 3.47. The maximum atomic E-state index is 13.8. The van der Waals surface area contributed by atoms with Gasteiger partial charge in [0.2, 0.25) is 0 Å². The lowest BCUT2D eigenvalue weighted by Crippen LogP contribution is -2.54. The minimum Gasteiger partial charge on any atom is -0.483 e. The molecule has 0 atom stereocenters. The number of rotatable bonds is 3. The molecule has 2 aromatic rings. The topological polar surface area (TPSA) is 54.1 Å². The molecule has 1 aromatic heterocycles. The standard InChI is InChI=1S/C14H12BrFN4O/c1-19-6-10(5-18-19)21-11-7-20(8-11)14-3-9(15)2-13(16)12(14)4-17/h2-3,5-6,11H,7-8H2,1H3. The van der Waals surface area contributed by atoms with E-state index < -0.39 is 5.82 Å². The predicted molar refractivity (Wildman–Crippen MR) is 78.7 cm³/mol. The fourth-order valence-corrected chi connectivity index (χ4v) is 2.70. The van der Waals surface area contributed by atoms with E-state index in [1.54, 1.807) is 23.1 Å². The number of nitriles is 1. The molecule has 0 aliphatic carbocycles. The van der Waals surface area contributed by atoms with Crippen molar-refractivity contribution < 1.29 is 9.13 Å². The average Bonchev–Trinajstić information content (AvgIpc) is 2.78. The van der Waals surface area contributed by atoms with Crippen LogP contribution >= 0.6 is 15.9 Å². The molecule has 0 saturated carbocycles. The van der Waals surface area contributed by atoms with Gasteiger partial charge in [0.15, 0.2) is 5.75 Å². The predicted octanol–water partition coefficient (Wildman–Crippen LogP) is 2.46. The van der Waals surface area contributed by atoms with Gasteiger partial charge >= 0.3 is 0 Å². The summed E-state index contributed by atoms with van der Waals surface area (Å²) < 4.78 is 21.8. The number of nitrogens with zero attached hydrogens (tertiary/aromatic N) is 4. The van der Waals surface area contributed by atoms with Gasteiger partial charge in [0.25, 0.3) is 0 Å². The number of aromatic nitrogens is 2. The Labute approximate surface area is 129 Å². The molecule has 1 aliphatic heterocycles. The van der Waals surface area contributed by atoms with Gasteiger partial charge in [0.05, 0.1) is 31.2 Å². The first-order valence-electron chi connectivity index (χ1n) is 6.36. The van der Waals surface area contributed by atoms with Crippen molar-refractivity contribution in [2.24, 2.45) is 7.05 Å². The molecule has 0 amide bonds. The van der Waals surface area contributed by atoms with Crippen molar-refractivity contribution in [2.75, 3.05) is 18.0 Å². The number of hydrogen-bond acceptors (Lipinski definition) is 4. The summed E-state index contributed by atoms with van der Waals surface area (Å²) in [5.74, 6) is 0.196. The first-order chi connectivity index (χ1) is 10.1. The molecule has 1 aliphatic rings. The molecule has 0 unspecified atom stereocenters. The lowest BCUT2D eigenvalue weighted by Gasteiger charge is -2.40. The molecule has 5 nitrogen and oxygen atoms in total. The van der Waals surface area contributed by atoms with E-state index in [1.807, 2.05) is 18.0 Å². The molecule has 21 heavy (non-hydrogen) atoms. The maximum absolute atomic E-state index is 13.8. The van der Waals surface area contributed by atoms with Crippen molar-refractivity contribution in [3.8, 4) is 11.8 Å². The maximum Gasteiger partial charge on any atom is 0.157 e. The van der Waals surface area contributed by atoms with Crippen LogP contribution in [-0.4, -0.2) is 29.0 Å². The first-order valence-corrected chi connectivity index (χ1v) is 7.15. The van der Waals surface area contributed by atoms with Crippen molar-refractivity contribution in [1.82, 2.24) is 9.78 Å². The Morgan fingerprint density at radius 2 is 2.24 bits per heavy atom. The van der Waals surface area contributed by atoms with E-state index >= 15 is 0 Å². The van der Waals surface area contributed by atoms with Crippen molar-refractivity contribution in [3.05, 3.63) is 40.4 Å². The number of halogens is 2. The van der Waals surface area contributed by atoms with E-state index in [0.717, 1.165) is 0 Å². The monoisotopic (exact) mass is 350 g/mol. The Morgan fingerprint density at radius 3 is 2.86 bits per heavy atom. The highest BCUT2D eigenvalue weighted by atomic mass is 79.9. The fraction of sp³-hybridized carbons (Fsp3) is 0.286. The normalized spacial score (nSPS) is 14.7. The summed E-state index contributed by atoms with van der Waals surface area (Å²) in [5.41, 5.74) is 0.661. The largest absolute Gasteiger partial charge is 0.483 e. The second-order valence-electron chi connectivity index (χ2n) is 4.89. The molecule has 0 radical (unpaired) electrons. The van der Waals surface area contributed by atoms with Crippen molar-refractivity contribution >= 4 is 21.6 Å². The van der Waals surface area contributed by atoms with Crippen LogP contribution in [0.4, 0.5) is 10.1 Å².